The molecular formula is C17H36N2. The van der Waals surface area contributed by atoms with Gasteiger partial charge in [-0.25, -0.2) is 0 Å². The van der Waals surface area contributed by atoms with Crippen LogP contribution in [0.4, 0.5) is 0 Å². The monoisotopic (exact) mass is 268 g/mol. The molecule has 114 valence electrons. The zero-order valence-corrected chi connectivity index (χ0v) is 14.1. The summed E-state index contributed by atoms with van der Waals surface area (Å²) in [4.78, 5) is 2.64. The van der Waals surface area contributed by atoms with Gasteiger partial charge in [0, 0.05) is 18.6 Å². The first-order valence-electron chi connectivity index (χ1n) is 8.43. The van der Waals surface area contributed by atoms with Gasteiger partial charge < -0.3 is 10.2 Å². The highest BCUT2D eigenvalue weighted by Crippen LogP contribution is 2.32. The number of hydrogen-bond acceptors (Lipinski definition) is 2. The summed E-state index contributed by atoms with van der Waals surface area (Å²) in [6, 6.07) is 1.41. The van der Waals surface area contributed by atoms with E-state index in [0.29, 0.717) is 6.04 Å². The second kappa shape index (κ2) is 8.26. The van der Waals surface area contributed by atoms with E-state index in [4.69, 9.17) is 0 Å². The maximum Gasteiger partial charge on any atom is 0.0272 e. The predicted molar refractivity (Wildman–Crippen MR) is 85.5 cm³/mol. The number of nitrogens with zero attached hydrogens (tertiary/aromatic N) is 1. The predicted octanol–water partition coefficient (Wildman–Crippen LogP) is 3.77. The van der Waals surface area contributed by atoms with Gasteiger partial charge in [0.25, 0.3) is 0 Å². The molecule has 2 heteroatoms. The molecule has 0 aromatic carbocycles. The van der Waals surface area contributed by atoms with Gasteiger partial charge in [0.1, 0.15) is 0 Å². The Morgan fingerprint density at radius 2 is 1.89 bits per heavy atom. The van der Waals surface area contributed by atoms with E-state index >= 15 is 0 Å². The van der Waals surface area contributed by atoms with E-state index in [1.165, 1.54) is 32.2 Å². The van der Waals surface area contributed by atoms with E-state index in [0.717, 1.165) is 30.3 Å². The van der Waals surface area contributed by atoms with E-state index in [2.05, 4.69) is 51.9 Å². The van der Waals surface area contributed by atoms with Crippen LogP contribution in [0.2, 0.25) is 0 Å². The maximum atomic E-state index is 3.81. The number of rotatable bonds is 7. The maximum absolute atomic E-state index is 3.81. The average Bonchev–Trinajstić information content (AvgIpc) is 2.34. The Hall–Kier alpha value is -0.0800. The summed E-state index contributed by atoms with van der Waals surface area (Å²) in [5.74, 6) is 2.49. The summed E-state index contributed by atoms with van der Waals surface area (Å²) in [5.41, 5.74) is 0. The minimum Gasteiger partial charge on any atom is -0.312 e. The molecule has 1 rings (SSSR count). The van der Waals surface area contributed by atoms with Crippen molar-refractivity contribution in [1.82, 2.24) is 10.2 Å². The summed E-state index contributed by atoms with van der Waals surface area (Å²) in [7, 11) is 2.34. The third-order valence-electron chi connectivity index (χ3n) is 4.89. The molecule has 1 N–H and O–H groups in total. The quantitative estimate of drug-likeness (QED) is 0.756. The number of nitrogens with one attached hydrogen (secondary N) is 1. The van der Waals surface area contributed by atoms with Crippen LogP contribution in [-0.4, -0.2) is 37.1 Å². The molecule has 0 heterocycles. The molecule has 5 atom stereocenters. The Bertz CT molecular complexity index is 241. The smallest absolute Gasteiger partial charge is 0.0272 e. The highest BCUT2D eigenvalue weighted by molar-refractivity contribution is 4.93. The lowest BCUT2D eigenvalue weighted by Gasteiger charge is -2.45. The Balaban J connectivity index is 2.66. The van der Waals surface area contributed by atoms with Crippen LogP contribution >= 0.6 is 0 Å². The van der Waals surface area contributed by atoms with Crippen molar-refractivity contribution in [3.8, 4) is 0 Å². The van der Waals surface area contributed by atoms with E-state index in [1.807, 2.05) is 0 Å². The lowest BCUT2D eigenvalue weighted by Crippen LogP contribution is -2.56. The molecule has 0 spiro atoms. The molecule has 1 fully saturated rings. The molecule has 2 nitrogen and oxygen atoms in total. The fourth-order valence-corrected chi connectivity index (χ4v) is 3.86. The van der Waals surface area contributed by atoms with Crippen molar-refractivity contribution in [1.29, 1.82) is 0 Å². The third kappa shape index (κ3) is 5.07. The lowest BCUT2D eigenvalue weighted by atomic mass is 9.75. The summed E-state index contributed by atoms with van der Waals surface area (Å²) in [5, 5.41) is 3.81. The first kappa shape index (κ1) is 17.0. The molecule has 0 saturated heterocycles. The summed E-state index contributed by atoms with van der Waals surface area (Å²) < 4.78 is 0. The minimum absolute atomic E-state index is 0.688. The molecule has 0 aliphatic heterocycles. The normalized spacial score (nSPS) is 33.6. The molecule has 19 heavy (non-hydrogen) atoms. The van der Waals surface area contributed by atoms with Crippen molar-refractivity contribution in [3.05, 3.63) is 0 Å². The molecule has 1 aliphatic carbocycles. The van der Waals surface area contributed by atoms with Crippen LogP contribution in [0.5, 0.6) is 0 Å². The third-order valence-corrected chi connectivity index (χ3v) is 4.89. The van der Waals surface area contributed by atoms with Gasteiger partial charge in [0.05, 0.1) is 0 Å². The molecule has 0 aromatic rings. The molecular weight excluding hydrogens is 232 g/mol. The van der Waals surface area contributed by atoms with Crippen LogP contribution in [0.1, 0.15) is 60.3 Å². The van der Waals surface area contributed by atoms with Crippen molar-refractivity contribution in [2.45, 2.75) is 72.4 Å². The van der Waals surface area contributed by atoms with Crippen LogP contribution in [0.15, 0.2) is 0 Å². The largest absolute Gasteiger partial charge is 0.312 e. The zero-order chi connectivity index (χ0) is 14.4. The van der Waals surface area contributed by atoms with E-state index in [9.17, 15) is 0 Å². The van der Waals surface area contributed by atoms with Gasteiger partial charge in [-0.3, -0.25) is 0 Å². The molecule has 0 radical (unpaired) electrons. The molecule has 0 aromatic heterocycles. The van der Waals surface area contributed by atoms with Crippen LogP contribution in [0, 0.1) is 17.8 Å². The fraction of sp³-hybridized carbons (Fsp3) is 1.00. The number of likely N-dealkylation sites (N-methyl/N-ethyl adjacent to an activating group) is 1. The zero-order valence-electron chi connectivity index (χ0n) is 14.1. The summed E-state index contributed by atoms with van der Waals surface area (Å²) in [6.07, 6.45) is 5.26. The van der Waals surface area contributed by atoms with Crippen molar-refractivity contribution in [3.63, 3.8) is 0 Å². The van der Waals surface area contributed by atoms with Gasteiger partial charge in [-0.05, 0) is 50.6 Å². The van der Waals surface area contributed by atoms with Gasteiger partial charge in [0.2, 0.25) is 0 Å². The average molecular weight is 268 g/mol. The molecule has 0 amide bonds. The number of hydrogen-bond donors (Lipinski definition) is 1. The van der Waals surface area contributed by atoms with Crippen molar-refractivity contribution >= 4 is 0 Å². The Morgan fingerprint density at radius 3 is 2.47 bits per heavy atom. The minimum atomic E-state index is 0.688. The highest BCUT2D eigenvalue weighted by Gasteiger charge is 2.36. The molecule has 0 bridgehead atoms. The van der Waals surface area contributed by atoms with Crippen molar-refractivity contribution in [2.24, 2.45) is 17.8 Å². The standard InChI is InChI=1S/C17H36N2/c1-7-9-18-16-11-14(4)10-15(5)17(16)19(6)12-13(3)8-2/h13-18H,7-12H2,1-6H3. The second-order valence-corrected chi connectivity index (χ2v) is 7.06. The van der Waals surface area contributed by atoms with E-state index in [1.54, 1.807) is 0 Å². The first-order valence-corrected chi connectivity index (χ1v) is 8.43. The molecule has 5 unspecified atom stereocenters. The van der Waals surface area contributed by atoms with Crippen LogP contribution in [0.25, 0.3) is 0 Å². The van der Waals surface area contributed by atoms with Crippen LogP contribution < -0.4 is 5.32 Å². The SMILES string of the molecule is CCCNC1CC(C)CC(C)C1N(C)CC(C)CC. The Kier molecular flexibility index (Phi) is 7.38. The topological polar surface area (TPSA) is 15.3 Å². The lowest BCUT2D eigenvalue weighted by molar-refractivity contribution is 0.0705. The van der Waals surface area contributed by atoms with Gasteiger partial charge in [0.15, 0.2) is 0 Å². The fourth-order valence-electron chi connectivity index (χ4n) is 3.86. The highest BCUT2D eigenvalue weighted by atomic mass is 15.2. The van der Waals surface area contributed by atoms with Crippen LogP contribution in [0.3, 0.4) is 0 Å². The van der Waals surface area contributed by atoms with Crippen molar-refractivity contribution < 1.29 is 0 Å². The second-order valence-electron chi connectivity index (χ2n) is 7.06. The first-order chi connectivity index (χ1) is 8.99. The molecule has 1 saturated carbocycles. The van der Waals surface area contributed by atoms with E-state index in [-0.39, 0.29) is 0 Å². The van der Waals surface area contributed by atoms with Crippen LogP contribution in [-0.2, 0) is 0 Å². The van der Waals surface area contributed by atoms with Gasteiger partial charge in [-0.15, -0.1) is 0 Å². The summed E-state index contributed by atoms with van der Waals surface area (Å²) in [6.45, 7) is 14.2. The van der Waals surface area contributed by atoms with E-state index < -0.39 is 0 Å². The molecule has 1 aliphatic rings. The van der Waals surface area contributed by atoms with Gasteiger partial charge in [-0.2, -0.15) is 0 Å². The Morgan fingerprint density at radius 1 is 1.21 bits per heavy atom. The van der Waals surface area contributed by atoms with Gasteiger partial charge in [-0.1, -0.05) is 41.0 Å². The van der Waals surface area contributed by atoms with Gasteiger partial charge >= 0.3 is 0 Å². The Labute approximate surface area is 121 Å². The summed E-state index contributed by atoms with van der Waals surface area (Å²) >= 11 is 0. The van der Waals surface area contributed by atoms with Crippen molar-refractivity contribution in [2.75, 3.05) is 20.1 Å².